The second-order valence-electron chi connectivity index (χ2n) is 7.97. The molecule has 0 aromatic heterocycles. The average Bonchev–Trinajstić information content (AvgIpc) is 2.69. The lowest BCUT2D eigenvalue weighted by molar-refractivity contribution is -0.141. The van der Waals surface area contributed by atoms with Gasteiger partial charge in [-0.2, -0.15) is 0 Å². The van der Waals surface area contributed by atoms with Gasteiger partial charge < -0.3 is 25.8 Å². The molecule has 4 unspecified atom stereocenters. The molecular weight excluding hydrogens is 400 g/mol. The Morgan fingerprint density at radius 3 is 2.26 bits per heavy atom. The standard InChI is InChI=1S/C22H32N4O5/c1-12(2)20(28)26-19(17-10-11-31-17)22(30)24-14(4)18(13(3)23-5)25-21(29)15-8-6-7-9-16(15)27/h6-9,12,14,17-19,27H,10-11H2,1-5H3,(H,24,30)(H,25,29)(H,26,28). The van der Waals surface area contributed by atoms with Crippen molar-refractivity contribution in [1.29, 1.82) is 0 Å². The maximum atomic E-state index is 13.0. The summed E-state index contributed by atoms with van der Waals surface area (Å²) in [7, 11) is 1.59. The van der Waals surface area contributed by atoms with E-state index < -0.39 is 29.9 Å². The first kappa shape index (κ1) is 24.3. The third-order valence-corrected chi connectivity index (χ3v) is 5.32. The topological polar surface area (TPSA) is 129 Å². The SMILES string of the molecule is CN=C(C)C(NC(=O)c1ccccc1O)C(C)NC(=O)C(NC(=O)C(C)C)C1CCO1. The van der Waals surface area contributed by atoms with E-state index in [0.29, 0.717) is 18.7 Å². The van der Waals surface area contributed by atoms with Gasteiger partial charge in [0.15, 0.2) is 0 Å². The molecule has 9 heteroatoms. The van der Waals surface area contributed by atoms with Gasteiger partial charge in [-0.3, -0.25) is 19.4 Å². The molecule has 2 rings (SSSR count). The van der Waals surface area contributed by atoms with Crippen LogP contribution in [0, 0.1) is 5.92 Å². The third-order valence-electron chi connectivity index (χ3n) is 5.32. The van der Waals surface area contributed by atoms with E-state index in [4.69, 9.17) is 4.74 Å². The van der Waals surface area contributed by atoms with Gasteiger partial charge in [-0.05, 0) is 32.4 Å². The predicted molar refractivity (Wildman–Crippen MR) is 117 cm³/mol. The summed E-state index contributed by atoms with van der Waals surface area (Å²) in [5, 5.41) is 18.4. The minimum atomic E-state index is -0.820. The molecule has 1 fully saturated rings. The summed E-state index contributed by atoms with van der Waals surface area (Å²) in [6.45, 7) is 7.53. The highest BCUT2D eigenvalue weighted by Crippen LogP contribution is 2.17. The zero-order chi connectivity index (χ0) is 23.1. The first-order chi connectivity index (χ1) is 14.6. The van der Waals surface area contributed by atoms with E-state index in [9.17, 15) is 19.5 Å². The number of para-hydroxylation sites is 1. The van der Waals surface area contributed by atoms with Crippen molar-refractivity contribution in [3.05, 3.63) is 29.8 Å². The van der Waals surface area contributed by atoms with E-state index >= 15 is 0 Å². The van der Waals surface area contributed by atoms with Crippen molar-refractivity contribution in [3.63, 3.8) is 0 Å². The zero-order valence-electron chi connectivity index (χ0n) is 18.6. The molecule has 0 aliphatic carbocycles. The Balaban J connectivity index is 2.13. The summed E-state index contributed by atoms with van der Waals surface area (Å²) in [6.07, 6.45) is 0.290. The molecule has 0 bridgehead atoms. The number of nitrogens with zero attached hydrogens (tertiary/aromatic N) is 1. The number of benzene rings is 1. The van der Waals surface area contributed by atoms with Crippen LogP contribution < -0.4 is 16.0 Å². The lowest BCUT2D eigenvalue weighted by Gasteiger charge is -2.35. The maximum absolute atomic E-state index is 13.0. The molecule has 1 aromatic rings. The van der Waals surface area contributed by atoms with E-state index in [-0.39, 0.29) is 29.2 Å². The van der Waals surface area contributed by atoms with E-state index in [2.05, 4.69) is 20.9 Å². The Morgan fingerprint density at radius 1 is 1.10 bits per heavy atom. The molecule has 4 atom stereocenters. The van der Waals surface area contributed by atoms with Crippen molar-refractivity contribution in [2.75, 3.05) is 13.7 Å². The number of phenolic OH excluding ortho intramolecular Hbond substituents is 1. The second kappa shape index (κ2) is 10.9. The summed E-state index contributed by atoms with van der Waals surface area (Å²) in [4.78, 5) is 42.0. The minimum Gasteiger partial charge on any atom is -0.507 e. The van der Waals surface area contributed by atoms with Crippen LogP contribution in [0.15, 0.2) is 29.3 Å². The van der Waals surface area contributed by atoms with Crippen LogP contribution >= 0.6 is 0 Å². The molecule has 1 aliphatic heterocycles. The molecule has 0 radical (unpaired) electrons. The minimum absolute atomic E-state index is 0.125. The van der Waals surface area contributed by atoms with E-state index in [1.165, 1.54) is 12.1 Å². The van der Waals surface area contributed by atoms with Crippen molar-refractivity contribution >= 4 is 23.4 Å². The molecular formula is C22H32N4O5. The highest BCUT2D eigenvalue weighted by Gasteiger charge is 2.37. The van der Waals surface area contributed by atoms with E-state index in [1.54, 1.807) is 46.9 Å². The van der Waals surface area contributed by atoms with Crippen LogP contribution in [-0.2, 0) is 14.3 Å². The van der Waals surface area contributed by atoms with Crippen molar-refractivity contribution in [2.24, 2.45) is 10.9 Å². The number of carbonyl (C=O) groups excluding carboxylic acids is 3. The predicted octanol–water partition coefficient (Wildman–Crippen LogP) is 1.02. The van der Waals surface area contributed by atoms with Gasteiger partial charge in [0.2, 0.25) is 11.8 Å². The molecule has 1 aliphatic rings. The van der Waals surface area contributed by atoms with E-state index in [1.807, 2.05) is 0 Å². The molecule has 1 saturated heterocycles. The quantitative estimate of drug-likeness (QED) is 0.433. The number of phenols is 1. The summed E-state index contributed by atoms with van der Waals surface area (Å²) >= 11 is 0. The Kier molecular flexibility index (Phi) is 8.56. The molecule has 170 valence electrons. The van der Waals surface area contributed by atoms with Gasteiger partial charge in [-0.25, -0.2) is 0 Å². The van der Waals surface area contributed by atoms with Crippen LogP contribution in [0.2, 0.25) is 0 Å². The van der Waals surface area contributed by atoms with E-state index in [0.717, 1.165) is 0 Å². The van der Waals surface area contributed by atoms with Crippen molar-refractivity contribution in [2.45, 2.75) is 58.3 Å². The van der Waals surface area contributed by atoms with Crippen molar-refractivity contribution in [3.8, 4) is 5.75 Å². The summed E-state index contributed by atoms with van der Waals surface area (Å²) in [5.74, 6) is -1.52. The first-order valence-electron chi connectivity index (χ1n) is 10.4. The monoisotopic (exact) mass is 432 g/mol. The van der Waals surface area contributed by atoms with Gasteiger partial charge in [-0.15, -0.1) is 0 Å². The van der Waals surface area contributed by atoms with Crippen LogP contribution in [-0.4, -0.2) is 66.4 Å². The largest absolute Gasteiger partial charge is 0.507 e. The smallest absolute Gasteiger partial charge is 0.255 e. The number of hydrogen-bond donors (Lipinski definition) is 4. The summed E-state index contributed by atoms with van der Waals surface area (Å²) < 4.78 is 5.44. The maximum Gasteiger partial charge on any atom is 0.255 e. The van der Waals surface area contributed by atoms with Crippen LogP contribution in [0.3, 0.4) is 0 Å². The number of aromatic hydroxyl groups is 1. The van der Waals surface area contributed by atoms with Crippen LogP contribution in [0.25, 0.3) is 0 Å². The first-order valence-corrected chi connectivity index (χ1v) is 10.4. The second-order valence-corrected chi connectivity index (χ2v) is 7.97. The molecule has 3 amide bonds. The average molecular weight is 433 g/mol. The van der Waals surface area contributed by atoms with Crippen LogP contribution in [0.1, 0.15) is 44.5 Å². The highest BCUT2D eigenvalue weighted by atomic mass is 16.5. The number of rotatable bonds is 9. The zero-order valence-corrected chi connectivity index (χ0v) is 18.6. The lowest BCUT2D eigenvalue weighted by atomic mass is 10.00. The van der Waals surface area contributed by atoms with Crippen LogP contribution in [0.4, 0.5) is 0 Å². The number of hydrogen-bond acceptors (Lipinski definition) is 6. The lowest BCUT2D eigenvalue weighted by Crippen LogP contribution is -2.61. The van der Waals surface area contributed by atoms with Gasteiger partial charge in [0.05, 0.1) is 23.8 Å². The van der Waals surface area contributed by atoms with Crippen LogP contribution in [0.5, 0.6) is 5.75 Å². The number of aliphatic imine (C=N–C) groups is 1. The van der Waals surface area contributed by atoms with Crippen molar-refractivity contribution < 1.29 is 24.2 Å². The number of nitrogens with one attached hydrogen (secondary N) is 3. The fourth-order valence-electron chi connectivity index (χ4n) is 3.18. The van der Waals surface area contributed by atoms with Gasteiger partial charge in [-0.1, -0.05) is 26.0 Å². The molecule has 1 heterocycles. The molecule has 9 nitrogen and oxygen atoms in total. The molecule has 4 N–H and O–H groups in total. The molecule has 0 saturated carbocycles. The molecule has 1 aromatic carbocycles. The van der Waals surface area contributed by atoms with Gasteiger partial charge in [0.1, 0.15) is 11.8 Å². The fourth-order valence-corrected chi connectivity index (χ4v) is 3.18. The highest BCUT2D eigenvalue weighted by molar-refractivity contribution is 6.01. The van der Waals surface area contributed by atoms with Crippen molar-refractivity contribution in [1.82, 2.24) is 16.0 Å². The Bertz CT molecular complexity index is 835. The number of amides is 3. The molecule has 0 spiro atoms. The summed E-state index contributed by atoms with van der Waals surface area (Å²) in [6, 6.07) is 4.23. The number of ether oxygens (including phenoxy) is 1. The number of carbonyl (C=O) groups is 3. The summed E-state index contributed by atoms with van der Waals surface area (Å²) in [5.41, 5.74) is 0.721. The normalized spacial score (nSPS) is 19.0. The van der Waals surface area contributed by atoms with Gasteiger partial charge in [0, 0.05) is 25.3 Å². The Hall–Kier alpha value is -2.94. The fraction of sp³-hybridized carbons (Fsp3) is 0.545. The molecule has 31 heavy (non-hydrogen) atoms. The van der Waals surface area contributed by atoms with Gasteiger partial charge in [0.25, 0.3) is 5.91 Å². The van der Waals surface area contributed by atoms with Gasteiger partial charge >= 0.3 is 0 Å². The Labute approximate surface area is 182 Å². The third kappa shape index (κ3) is 6.27. The Morgan fingerprint density at radius 2 is 1.74 bits per heavy atom.